The van der Waals surface area contributed by atoms with Crippen LogP contribution in [0, 0.1) is 0 Å². The fourth-order valence-corrected chi connectivity index (χ4v) is 7.76. The first kappa shape index (κ1) is 24.5. The largest absolute Gasteiger partial charge is 0.456 e. The van der Waals surface area contributed by atoms with Crippen LogP contribution in [0.1, 0.15) is 0 Å². The molecule has 4 aromatic heterocycles. The second-order valence-corrected chi connectivity index (χ2v) is 17.5. The zero-order valence-corrected chi connectivity index (χ0v) is 25.2. The summed E-state index contributed by atoms with van der Waals surface area (Å²) in [6.45, 7) is 7.11. The van der Waals surface area contributed by atoms with Crippen molar-refractivity contribution in [2.45, 2.75) is 19.6 Å². The van der Waals surface area contributed by atoms with Crippen molar-refractivity contribution in [3.05, 3.63) is 115 Å². The summed E-state index contributed by atoms with van der Waals surface area (Å²) in [5.41, 5.74) is 8.75. The van der Waals surface area contributed by atoms with Gasteiger partial charge in [-0.25, -0.2) is 0 Å². The standard InChI is InChI=1S/C38H28N2O2Si/c1-43(2,3)24-16-18-28-27-17-15-23(19-36(27)41-37(28)20-24)40-33-13-6-4-9-25(33)31-22-39-32(21-34(31)40)30-12-8-11-29-26-10-5-7-14-35(26)42-38(29)30/h4-22H,1-3H3. The summed E-state index contributed by atoms with van der Waals surface area (Å²) in [6, 6.07) is 38.6. The number of benzene rings is 5. The van der Waals surface area contributed by atoms with Crippen LogP contribution in [0.3, 0.4) is 0 Å². The predicted octanol–water partition coefficient (Wildman–Crippen LogP) is 10.2. The Bertz CT molecular complexity index is 2560. The highest BCUT2D eigenvalue weighted by atomic mass is 28.3. The molecule has 0 aliphatic rings. The van der Waals surface area contributed by atoms with Crippen LogP contribution in [0.15, 0.2) is 124 Å². The van der Waals surface area contributed by atoms with Gasteiger partial charge in [-0.2, -0.15) is 0 Å². The van der Waals surface area contributed by atoms with Gasteiger partial charge in [-0.15, -0.1) is 0 Å². The number of hydrogen-bond acceptors (Lipinski definition) is 3. The molecule has 5 heteroatoms. The van der Waals surface area contributed by atoms with Crippen molar-refractivity contribution in [3.8, 4) is 16.9 Å². The van der Waals surface area contributed by atoms with Crippen LogP contribution >= 0.6 is 0 Å². The molecule has 0 saturated heterocycles. The van der Waals surface area contributed by atoms with Crippen LogP contribution in [-0.4, -0.2) is 17.6 Å². The molecule has 5 aromatic carbocycles. The molecule has 9 aromatic rings. The molecule has 9 rings (SSSR count). The number of furan rings is 2. The van der Waals surface area contributed by atoms with Crippen molar-refractivity contribution >= 4 is 78.9 Å². The van der Waals surface area contributed by atoms with Crippen molar-refractivity contribution in [3.63, 3.8) is 0 Å². The number of aromatic nitrogens is 2. The zero-order valence-electron chi connectivity index (χ0n) is 24.2. The summed E-state index contributed by atoms with van der Waals surface area (Å²) in [7, 11) is -1.45. The Kier molecular flexibility index (Phi) is 4.95. The van der Waals surface area contributed by atoms with Crippen LogP contribution in [0.2, 0.25) is 19.6 Å². The second-order valence-electron chi connectivity index (χ2n) is 12.5. The van der Waals surface area contributed by atoms with Gasteiger partial charge in [0.2, 0.25) is 0 Å². The molecule has 206 valence electrons. The Morgan fingerprint density at radius 2 is 1.28 bits per heavy atom. The Balaban J connectivity index is 1.28. The average molecular weight is 573 g/mol. The number of hydrogen-bond donors (Lipinski definition) is 0. The van der Waals surface area contributed by atoms with Crippen LogP contribution in [0.5, 0.6) is 0 Å². The molecular weight excluding hydrogens is 545 g/mol. The highest BCUT2D eigenvalue weighted by Gasteiger charge is 2.20. The molecule has 4 heterocycles. The Hall–Kier alpha value is -5.13. The number of nitrogens with zero attached hydrogens (tertiary/aromatic N) is 2. The van der Waals surface area contributed by atoms with Crippen molar-refractivity contribution in [2.75, 3.05) is 0 Å². The summed E-state index contributed by atoms with van der Waals surface area (Å²) in [4.78, 5) is 4.97. The fourth-order valence-electron chi connectivity index (χ4n) is 6.61. The van der Waals surface area contributed by atoms with E-state index in [1.54, 1.807) is 0 Å². The maximum atomic E-state index is 6.51. The van der Waals surface area contributed by atoms with Crippen molar-refractivity contribution in [1.82, 2.24) is 9.55 Å². The van der Waals surface area contributed by atoms with Crippen LogP contribution in [0.25, 0.3) is 82.6 Å². The van der Waals surface area contributed by atoms with E-state index in [1.807, 2.05) is 18.3 Å². The molecule has 4 nitrogen and oxygen atoms in total. The fraction of sp³-hybridized carbons (Fsp3) is 0.0789. The summed E-state index contributed by atoms with van der Waals surface area (Å²) in [5, 5.41) is 8.20. The third-order valence-electron chi connectivity index (χ3n) is 8.82. The van der Waals surface area contributed by atoms with E-state index in [0.717, 1.165) is 77.2 Å². The van der Waals surface area contributed by atoms with E-state index in [1.165, 1.54) is 10.6 Å². The van der Waals surface area contributed by atoms with Crippen molar-refractivity contribution in [1.29, 1.82) is 0 Å². The minimum atomic E-state index is -1.45. The minimum Gasteiger partial charge on any atom is -0.456 e. The van der Waals surface area contributed by atoms with Gasteiger partial charge in [-0.05, 0) is 42.5 Å². The van der Waals surface area contributed by atoms with E-state index in [4.69, 9.17) is 13.8 Å². The van der Waals surface area contributed by atoms with Gasteiger partial charge in [-0.1, -0.05) is 85.5 Å². The van der Waals surface area contributed by atoms with E-state index in [2.05, 4.69) is 121 Å². The van der Waals surface area contributed by atoms with E-state index >= 15 is 0 Å². The van der Waals surface area contributed by atoms with Gasteiger partial charge in [0.25, 0.3) is 0 Å². The van der Waals surface area contributed by atoms with Crippen LogP contribution < -0.4 is 5.19 Å². The van der Waals surface area contributed by atoms with Gasteiger partial charge < -0.3 is 13.4 Å². The van der Waals surface area contributed by atoms with Gasteiger partial charge >= 0.3 is 0 Å². The zero-order chi connectivity index (χ0) is 28.9. The smallest absolute Gasteiger partial charge is 0.144 e. The predicted molar refractivity (Wildman–Crippen MR) is 182 cm³/mol. The van der Waals surface area contributed by atoms with Crippen molar-refractivity contribution in [2.24, 2.45) is 0 Å². The molecule has 0 spiro atoms. The van der Waals surface area contributed by atoms with E-state index in [9.17, 15) is 0 Å². The van der Waals surface area contributed by atoms with E-state index in [0.29, 0.717) is 0 Å². The van der Waals surface area contributed by atoms with Crippen molar-refractivity contribution < 1.29 is 8.83 Å². The molecular formula is C38H28N2O2Si. The first-order valence-corrected chi connectivity index (χ1v) is 18.2. The lowest BCUT2D eigenvalue weighted by atomic mass is 10.1. The summed E-state index contributed by atoms with van der Waals surface area (Å²) >= 11 is 0. The Morgan fingerprint density at radius 3 is 2.14 bits per heavy atom. The lowest BCUT2D eigenvalue weighted by Crippen LogP contribution is -2.37. The first-order valence-electron chi connectivity index (χ1n) is 14.7. The normalized spacial score (nSPS) is 12.5. The first-order chi connectivity index (χ1) is 20.9. The lowest BCUT2D eigenvalue weighted by Gasteiger charge is -2.15. The van der Waals surface area contributed by atoms with Crippen LogP contribution in [-0.2, 0) is 0 Å². The summed E-state index contributed by atoms with van der Waals surface area (Å²) in [6.07, 6.45) is 2.00. The molecule has 0 aliphatic heterocycles. The molecule has 0 aliphatic carbocycles. The van der Waals surface area contributed by atoms with Gasteiger partial charge in [0, 0.05) is 55.8 Å². The number of pyridine rings is 1. The highest BCUT2D eigenvalue weighted by molar-refractivity contribution is 6.88. The topological polar surface area (TPSA) is 44.1 Å². The number of fused-ring (bicyclic) bond motifs is 9. The second kappa shape index (κ2) is 8.69. The van der Waals surface area contributed by atoms with Gasteiger partial charge in [0.15, 0.2) is 0 Å². The molecule has 0 saturated carbocycles. The Morgan fingerprint density at radius 1 is 0.558 bits per heavy atom. The van der Waals surface area contributed by atoms with E-state index < -0.39 is 8.07 Å². The monoisotopic (exact) mass is 572 g/mol. The molecule has 0 bridgehead atoms. The minimum absolute atomic E-state index is 0.861. The maximum Gasteiger partial charge on any atom is 0.144 e. The molecule has 43 heavy (non-hydrogen) atoms. The molecule has 0 unspecified atom stereocenters. The average Bonchev–Trinajstić information content (AvgIpc) is 3.68. The third kappa shape index (κ3) is 3.58. The van der Waals surface area contributed by atoms with Gasteiger partial charge in [-0.3, -0.25) is 4.98 Å². The molecule has 0 N–H and O–H groups in total. The SMILES string of the molecule is C[Si](C)(C)c1ccc2c(c1)oc1cc(-n3c4ccccc4c4cnc(-c5cccc6c5oc5ccccc56)cc43)ccc12. The Labute approximate surface area is 248 Å². The maximum absolute atomic E-state index is 6.51. The van der Waals surface area contributed by atoms with Gasteiger partial charge in [0.05, 0.1) is 24.8 Å². The molecule has 0 atom stereocenters. The molecule has 0 radical (unpaired) electrons. The third-order valence-corrected chi connectivity index (χ3v) is 10.9. The molecule has 0 amide bonds. The number of para-hydroxylation sites is 3. The summed E-state index contributed by atoms with van der Waals surface area (Å²) < 4.78 is 15.2. The van der Waals surface area contributed by atoms with Gasteiger partial charge in [0.1, 0.15) is 22.3 Å². The summed E-state index contributed by atoms with van der Waals surface area (Å²) in [5.74, 6) is 0. The number of rotatable bonds is 3. The lowest BCUT2D eigenvalue weighted by molar-refractivity contribution is 0.669. The van der Waals surface area contributed by atoms with E-state index in [-0.39, 0.29) is 0 Å². The molecule has 0 fully saturated rings. The highest BCUT2D eigenvalue weighted by Crippen LogP contribution is 2.39. The quantitative estimate of drug-likeness (QED) is 0.198. The van der Waals surface area contributed by atoms with Crippen LogP contribution in [0.4, 0.5) is 0 Å².